The van der Waals surface area contributed by atoms with Crippen molar-refractivity contribution < 1.29 is 14.3 Å². The summed E-state index contributed by atoms with van der Waals surface area (Å²) in [5.41, 5.74) is 1.62. The van der Waals surface area contributed by atoms with Gasteiger partial charge in [-0.1, -0.05) is 19.9 Å². The van der Waals surface area contributed by atoms with Gasteiger partial charge in [-0.3, -0.25) is 9.59 Å². The second-order valence-electron chi connectivity index (χ2n) is 10.0. The van der Waals surface area contributed by atoms with Crippen LogP contribution >= 0.6 is 0 Å². The van der Waals surface area contributed by atoms with Crippen molar-refractivity contribution >= 4 is 11.8 Å². The third kappa shape index (κ3) is 2.60. The summed E-state index contributed by atoms with van der Waals surface area (Å²) >= 11 is 0. The molecule has 3 fully saturated rings. The van der Waals surface area contributed by atoms with Crippen molar-refractivity contribution in [3.05, 3.63) is 11.6 Å². The largest absolute Gasteiger partial charge is 0.463 e. The minimum absolute atomic E-state index is 0.116. The number of fused-ring (bicyclic) bond motifs is 5. The van der Waals surface area contributed by atoms with Crippen LogP contribution < -0.4 is 0 Å². The summed E-state index contributed by atoms with van der Waals surface area (Å²) in [4.78, 5) is 23.5. The van der Waals surface area contributed by atoms with Crippen LogP contribution in [0.5, 0.6) is 0 Å². The van der Waals surface area contributed by atoms with Gasteiger partial charge in [0, 0.05) is 6.92 Å². The molecule has 4 unspecified atom stereocenters. The standard InChI is InChI=1S/C23H34O3/c1-14(24)19-7-8-20-18-6-5-16-13-17(26-15(2)25)9-11-22(16,3)21(18)10-12-23(19,20)4/h7,16-18,20-21H,5-6,8-13H2,1-4H3/t16-,17?,18?,20?,21?,22-,23+/m0/s1. The van der Waals surface area contributed by atoms with Gasteiger partial charge in [0.15, 0.2) is 5.78 Å². The molecule has 0 aromatic rings. The van der Waals surface area contributed by atoms with E-state index in [4.69, 9.17) is 4.74 Å². The van der Waals surface area contributed by atoms with Gasteiger partial charge in [0.25, 0.3) is 0 Å². The average molecular weight is 359 g/mol. The Morgan fingerprint density at radius 1 is 1.04 bits per heavy atom. The number of hydrogen-bond donors (Lipinski definition) is 0. The van der Waals surface area contributed by atoms with E-state index < -0.39 is 0 Å². The zero-order valence-corrected chi connectivity index (χ0v) is 16.8. The molecule has 3 saturated carbocycles. The molecule has 3 heteroatoms. The highest BCUT2D eigenvalue weighted by atomic mass is 16.5. The first-order valence-electron chi connectivity index (χ1n) is 10.6. The van der Waals surface area contributed by atoms with Crippen LogP contribution in [0.1, 0.15) is 79.1 Å². The molecule has 0 heterocycles. The van der Waals surface area contributed by atoms with Crippen molar-refractivity contribution in [3.63, 3.8) is 0 Å². The summed E-state index contributed by atoms with van der Waals surface area (Å²) in [5, 5.41) is 0. The maximum atomic E-state index is 12.2. The minimum atomic E-state index is -0.130. The first-order chi connectivity index (χ1) is 12.3. The van der Waals surface area contributed by atoms with Crippen LogP contribution in [-0.2, 0) is 14.3 Å². The van der Waals surface area contributed by atoms with Crippen LogP contribution in [0.25, 0.3) is 0 Å². The molecule has 4 aliphatic carbocycles. The van der Waals surface area contributed by atoms with Gasteiger partial charge < -0.3 is 4.74 Å². The second kappa shape index (κ2) is 6.21. The number of carbonyl (C=O) groups excluding carboxylic acids is 2. The van der Waals surface area contributed by atoms with E-state index in [0.717, 1.165) is 36.7 Å². The van der Waals surface area contributed by atoms with E-state index in [1.54, 1.807) is 6.92 Å². The van der Waals surface area contributed by atoms with Crippen LogP contribution in [0.15, 0.2) is 11.6 Å². The van der Waals surface area contributed by atoms with Crippen molar-refractivity contribution in [3.8, 4) is 0 Å². The molecule has 0 aromatic heterocycles. The summed E-state index contributed by atoms with van der Waals surface area (Å²) < 4.78 is 5.56. The highest BCUT2D eigenvalue weighted by molar-refractivity contribution is 5.95. The van der Waals surface area contributed by atoms with Gasteiger partial charge in [0.1, 0.15) is 6.10 Å². The molecule has 0 N–H and O–H groups in total. The molecule has 0 aliphatic heterocycles. The molecule has 4 aliphatic rings. The molecule has 0 amide bonds. The molecule has 0 saturated heterocycles. The van der Waals surface area contributed by atoms with E-state index in [0.29, 0.717) is 17.3 Å². The fourth-order valence-corrected chi connectivity index (χ4v) is 7.67. The average Bonchev–Trinajstić information content (AvgIpc) is 2.92. The molecule has 4 rings (SSSR count). The highest BCUT2D eigenvalue weighted by Gasteiger charge is 2.59. The lowest BCUT2D eigenvalue weighted by Gasteiger charge is -2.60. The lowest BCUT2D eigenvalue weighted by atomic mass is 9.44. The Bertz CT molecular complexity index is 650. The molecule has 3 nitrogen and oxygen atoms in total. The topological polar surface area (TPSA) is 43.4 Å². The summed E-state index contributed by atoms with van der Waals surface area (Å²) in [6.45, 7) is 8.17. The maximum absolute atomic E-state index is 12.2. The molecule has 7 atom stereocenters. The Balaban J connectivity index is 1.54. The predicted molar refractivity (Wildman–Crippen MR) is 101 cm³/mol. The van der Waals surface area contributed by atoms with Crippen LogP contribution in [0.2, 0.25) is 0 Å². The lowest BCUT2D eigenvalue weighted by Crippen LogP contribution is -2.54. The predicted octanol–water partition coefficient (Wildman–Crippen LogP) is 5.09. The van der Waals surface area contributed by atoms with Crippen LogP contribution in [-0.4, -0.2) is 17.9 Å². The van der Waals surface area contributed by atoms with E-state index in [1.165, 1.54) is 39.0 Å². The minimum Gasteiger partial charge on any atom is -0.463 e. The molecule has 144 valence electrons. The molecular formula is C23H34O3. The normalized spacial score (nSPS) is 47.2. The van der Waals surface area contributed by atoms with Gasteiger partial charge in [0.2, 0.25) is 0 Å². The molecule has 0 bridgehead atoms. The number of allylic oxidation sites excluding steroid dienone is 2. The zero-order chi connectivity index (χ0) is 18.7. The Labute approximate surface area is 157 Å². The first-order valence-corrected chi connectivity index (χ1v) is 10.6. The Kier molecular flexibility index (Phi) is 4.36. The highest BCUT2D eigenvalue weighted by Crippen LogP contribution is 2.66. The van der Waals surface area contributed by atoms with Crippen molar-refractivity contribution in [2.45, 2.75) is 85.2 Å². The Hall–Kier alpha value is -1.12. The Morgan fingerprint density at radius 3 is 2.50 bits per heavy atom. The number of Topliss-reactive ketones (excluding diaryl/α,β-unsaturated/α-hetero) is 1. The van der Waals surface area contributed by atoms with Crippen molar-refractivity contribution in [2.24, 2.45) is 34.5 Å². The van der Waals surface area contributed by atoms with E-state index in [-0.39, 0.29) is 23.3 Å². The number of carbonyl (C=O) groups is 2. The molecule has 0 aromatic carbocycles. The quantitative estimate of drug-likeness (QED) is 0.646. The van der Waals surface area contributed by atoms with Crippen molar-refractivity contribution in [1.82, 2.24) is 0 Å². The zero-order valence-electron chi connectivity index (χ0n) is 16.8. The van der Waals surface area contributed by atoms with Crippen LogP contribution in [0.3, 0.4) is 0 Å². The number of hydrogen-bond acceptors (Lipinski definition) is 3. The maximum Gasteiger partial charge on any atom is 0.302 e. The van der Waals surface area contributed by atoms with E-state index in [2.05, 4.69) is 19.9 Å². The van der Waals surface area contributed by atoms with E-state index >= 15 is 0 Å². The molecular weight excluding hydrogens is 324 g/mol. The molecule has 0 radical (unpaired) electrons. The molecule has 0 spiro atoms. The van der Waals surface area contributed by atoms with Gasteiger partial charge in [-0.2, -0.15) is 0 Å². The van der Waals surface area contributed by atoms with Crippen molar-refractivity contribution in [2.75, 3.05) is 0 Å². The van der Waals surface area contributed by atoms with Crippen LogP contribution in [0.4, 0.5) is 0 Å². The van der Waals surface area contributed by atoms with E-state index in [9.17, 15) is 9.59 Å². The smallest absolute Gasteiger partial charge is 0.302 e. The number of rotatable bonds is 2. The van der Waals surface area contributed by atoms with Gasteiger partial charge >= 0.3 is 5.97 Å². The van der Waals surface area contributed by atoms with Crippen molar-refractivity contribution in [1.29, 1.82) is 0 Å². The van der Waals surface area contributed by atoms with Gasteiger partial charge in [-0.05, 0) is 98.4 Å². The third-order valence-electron chi connectivity index (χ3n) is 8.91. The van der Waals surface area contributed by atoms with Crippen LogP contribution in [0, 0.1) is 34.5 Å². The second-order valence-corrected chi connectivity index (χ2v) is 10.0. The fourth-order valence-electron chi connectivity index (χ4n) is 7.67. The number of esters is 1. The summed E-state index contributed by atoms with van der Waals surface area (Å²) in [7, 11) is 0. The SMILES string of the molecule is CC(=O)OC1CC[C@]2(C)C3CC[C@]4(C)C(C(C)=O)=CCC4C3CC[C@H]2C1. The van der Waals surface area contributed by atoms with Gasteiger partial charge in [-0.15, -0.1) is 0 Å². The lowest BCUT2D eigenvalue weighted by molar-refractivity contribution is -0.159. The van der Waals surface area contributed by atoms with Gasteiger partial charge in [-0.25, -0.2) is 0 Å². The first kappa shape index (κ1) is 18.3. The van der Waals surface area contributed by atoms with E-state index in [1.807, 2.05) is 0 Å². The Morgan fingerprint density at radius 2 is 1.81 bits per heavy atom. The summed E-state index contributed by atoms with van der Waals surface area (Å²) in [6.07, 6.45) is 11.7. The summed E-state index contributed by atoms with van der Waals surface area (Å²) in [6, 6.07) is 0. The fraction of sp³-hybridized carbons (Fsp3) is 0.826. The third-order valence-corrected chi connectivity index (χ3v) is 8.91. The number of ether oxygens (including phenoxy) is 1. The molecule has 26 heavy (non-hydrogen) atoms. The monoisotopic (exact) mass is 358 g/mol. The van der Waals surface area contributed by atoms with Gasteiger partial charge in [0.05, 0.1) is 0 Å². The number of ketones is 1. The summed E-state index contributed by atoms with van der Waals surface area (Å²) in [5.74, 6) is 3.03.